The third-order valence-electron chi connectivity index (χ3n) is 5.52. The number of aliphatic imine (C=N–C) groups is 1. The lowest BCUT2D eigenvalue weighted by molar-refractivity contribution is 0.357. The van der Waals surface area contributed by atoms with Crippen LogP contribution in [0.1, 0.15) is 48.6 Å². The molecule has 1 N–H and O–H groups in total. The Balaban J connectivity index is 2.12. The van der Waals surface area contributed by atoms with E-state index in [1.165, 1.54) is 11.1 Å². The van der Waals surface area contributed by atoms with Crippen LogP contribution in [0.5, 0.6) is 5.75 Å². The number of aryl methyl sites for hydroxylation is 2. The molecular weight excluding hydrogens is 404 g/mol. The molecule has 6 heteroatoms. The highest BCUT2D eigenvalue weighted by molar-refractivity contribution is 7.77. The average molecular weight is 438 g/mol. The average Bonchev–Trinajstić information content (AvgIpc) is 2.74. The van der Waals surface area contributed by atoms with Crippen molar-refractivity contribution < 1.29 is 4.74 Å². The monoisotopic (exact) mass is 437 g/mol. The van der Waals surface area contributed by atoms with Crippen LogP contribution in [0, 0.1) is 30.6 Å². The molecule has 0 heterocycles. The van der Waals surface area contributed by atoms with Crippen molar-refractivity contribution in [2.45, 2.75) is 46.5 Å². The molecular formula is C25H33N4OS+. The number of nitrogens with zero attached hydrogens (tertiary/aromatic N) is 3. The van der Waals surface area contributed by atoms with E-state index in [0.29, 0.717) is 5.56 Å². The molecule has 0 aliphatic rings. The van der Waals surface area contributed by atoms with Crippen LogP contribution in [0.4, 0.5) is 0 Å². The van der Waals surface area contributed by atoms with Gasteiger partial charge in [-0.15, -0.1) is 4.99 Å². The van der Waals surface area contributed by atoms with Crippen molar-refractivity contribution in [1.29, 1.82) is 10.7 Å². The lowest BCUT2D eigenvalue weighted by atomic mass is 9.86. The van der Waals surface area contributed by atoms with Crippen molar-refractivity contribution in [2.24, 2.45) is 4.99 Å². The molecule has 0 radical (unpaired) electrons. The fraction of sp³-hybridized carbons (Fsp3) is 0.400. The summed E-state index contributed by atoms with van der Waals surface area (Å²) in [4.78, 5) is 6.53. The van der Waals surface area contributed by atoms with E-state index < -0.39 is 5.41 Å². The predicted molar refractivity (Wildman–Crippen MR) is 133 cm³/mol. The van der Waals surface area contributed by atoms with Gasteiger partial charge in [0.05, 0.1) is 24.1 Å². The van der Waals surface area contributed by atoms with Crippen molar-refractivity contribution in [2.75, 3.05) is 20.1 Å². The van der Waals surface area contributed by atoms with Gasteiger partial charge < -0.3 is 9.64 Å². The van der Waals surface area contributed by atoms with Gasteiger partial charge in [-0.05, 0) is 76.0 Å². The number of likely N-dealkylation sites (N-methyl/N-ethyl adjacent to an activating group) is 1. The van der Waals surface area contributed by atoms with Gasteiger partial charge in [0.2, 0.25) is 0 Å². The van der Waals surface area contributed by atoms with Crippen LogP contribution in [0.15, 0.2) is 41.4 Å². The molecule has 2 rings (SSSR count). The van der Waals surface area contributed by atoms with Crippen molar-refractivity contribution in [3.8, 4) is 11.8 Å². The van der Waals surface area contributed by atoms with E-state index in [1.54, 1.807) is 12.1 Å². The largest absolute Gasteiger partial charge is 0.414 e. The first-order valence-electron chi connectivity index (χ1n) is 10.4. The Morgan fingerprint density at radius 2 is 1.84 bits per heavy atom. The topological polar surface area (TPSA) is 72.5 Å². The molecule has 0 aromatic heterocycles. The first-order valence-corrected chi connectivity index (χ1v) is 10.9. The zero-order chi connectivity index (χ0) is 23.2. The Morgan fingerprint density at radius 1 is 1.19 bits per heavy atom. The molecule has 0 aliphatic heterocycles. The molecule has 2 aromatic rings. The van der Waals surface area contributed by atoms with Gasteiger partial charge in [-0.2, -0.15) is 5.26 Å². The van der Waals surface area contributed by atoms with E-state index in [1.807, 2.05) is 39.0 Å². The Morgan fingerprint density at radius 3 is 2.42 bits per heavy atom. The van der Waals surface area contributed by atoms with Crippen molar-refractivity contribution >= 4 is 23.7 Å². The zero-order valence-corrected chi connectivity index (χ0v) is 20.3. The van der Waals surface area contributed by atoms with Crippen LogP contribution in [-0.4, -0.2) is 36.1 Å². The lowest BCUT2D eigenvalue weighted by Gasteiger charge is -2.16. The molecule has 5 nitrogen and oxygen atoms in total. The predicted octanol–water partition coefficient (Wildman–Crippen LogP) is 4.37. The van der Waals surface area contributed by atoms with Crippen molar-refractivity contribution in [3.63, 3.8) is 0 Å². The van der Waals surface area contributed by atoms with E-state index >= 15 is 0 Å². The SMILES string of the molecule is CCN(C)CCc1cc(C)c(OC([SH2+])=NC(=N)c2ccc(C(C)(C)C#N)cc2)cc1C. The number of benzene rings is 2. The maximum absolute atomic E-state index is 9.27. The molecule has 0 bridgehead atoms. The quantitative estimate of drug-likeness (QED) is 0.397. The number of nitriles is 1. The molecule has 0 aliphatic carbocycles. The van der Waals surface area contributed by atoms with E-state index in [2.05, 4.69) is 55.6 Å². The third-order valence-corrected chi connectivity index (χ3v) is 5.73. The molecule has 0 amide bonds. The summed E-state index contributed by atoms with van der Waals surface area (Å²) in [5.41, 5.74) is 4.50. The van der Waals surface area contributed by atoms with Crippen LogP contribution < -0.4 is 4.74 Å². The molecule has 164 valence electrons. The molecule has 2 aromatic carbocycles. The van der Waals surface area contributed by atoms with Gasteiger partial charge in [-0.25, -0.2) is 0 Å². The number of amidine groups is 1. The Kier molecular flexibility index (Phi) is 8.43. The summed E-state index contributed by atoms with van der Waals surface area (Å²) < 4.78 is 5.88. The zero-order valence-electron chi connectivity index (χ0n) is 19.3. The second-order valence-corrected chi connectivity index (χ2v) is 8.80. The first kappa shape index (κ1) is 24.6. The number of hydrogen-bond donors (Lipinski definition) is 1. The lowest BCUT2D eigenvalue weighted by Crippen LogP contribution is -2.20. The molecule has 0 fully saturated rings. The fourth-order valence-electron chi connectivity index (χ4n) is 3.10. The van der Waals surface area contributed by atoms with E-state index in [9.17, 15) is 5.26 Å². The second-order valence-electron chi connectivity index (χ2n) is 8.37. The summed E-state index contributed by atoms with van der Waals surface area (Å²) in [6.45, 7) is 12.1. The van der Waals surface area contributed by atoms with E-state index in [4.69, 9.17) is 10.1 Å². The smallest absolute Gasteiger partial charge is 0.402 e. The Labute approximate surface area is 191 Å². The van der Waals surface area contributed by atoms with E-state index in [-0.39, 0.29) is 11.1 Å². The minimum atomic E-state index is -0.569. The molecule has 31 heavy (non-hydrogen) atoms. The molecule has 0 spiro atoms. The van der Waals surface area contributed by atoms with Crippen LogP contribution in [0.2, 0.25) is 0 Å². The minimum absolute atomic E-state index is 0.0833. The van der Waals surface area contributed by atoms with Crippen molar-refractivity contribution in [3.05, 3.63) is 64.2 Å². The van der Waals surface area contributed by atoms with Gasteiger partial charge in [-0.3, -0.25) is 5.41 Å². The van der Waals surface area contributed by atoms with Gasteiger partial charge in [0.1, 0.15) is 5.75 Å². The maximum Gasteiger partial charge on any atom is 0.414 e. The van der Waals surface area contributed by atoms with Crippen LogP contribution in [-0.2, 0) is 24.5 Å². The first-order chi connectivity index (χ1) is 14.6. The molecule has 0 saturated heterocycles. The summed E-state index contributed by atoms with van der Waals surface area (Å²) in [5, 5.41) is 17.8. The van der Waals surface area contributed by atoms with Gasteiger partial charge in [0, 0.05) is 12.1 Å². The Hall–Kier alpha value is -2.62. The normalized spacial score (nSPS) is 12.0. The summed E-state index contributed by atoms with van der Waals surface area (Å²) in [6, 6.07) is 13.8. The van der Waals surface area contributed by atoms with Gasteiger partial charge in [-0.1, -0.05) is 37.3 Å². The highest BCUT2D eigenvalue weighted by Crippen LogP contribution is 2.24. The second kappa shape index (κ2) is 10.6. The highest BCUT2D eigenvalue weighted by atomic mass is 32.1. The number of nitrogens with one attached hydrogen (secondary N) is 1. The van der Waals surface area contributed by atoms with Gasteiger partial charge in [0.15, 0.2) is 5.84 Å². The fourth-order valence-corrected chi connectivity index (χ4v) is 3.32. The number of rotatable bonds is 7. The number of hydrogen-bond acceptors (Lipinski definition) is 4. The third kappa shape index (κ3) is 6.68. The summed E-state index contributed by atoms with van der Waals surface area (Å²) in [5.74, 6) is 0.803. The van der Waals surface area contributed by atoms with Gasteiger partial charge in [0.25, 0.3) is 0 Å². The van der Waals surface area contributed by atoms with Crippen molar-refractivity contribution in [1.82, 2.24) is 4.90 Å². The molecule has 0 atom stereocenters. The Bertz CT molecular complexity index is 1000. The van der Waals surface area contributed by atoms with Gasteiger partial charge >= 0.3 is 5.23 Å². The van der Waals surface area contributed by atoms with E-state index in [0.717, 1.165) is 36.4 Å². The highest BCUT2D eigenvalue weighted by Gasteiger charge is 2.19. The van der Waals surface area contributed by atoms with Crippen LogP contribution in [0.25, 0.3) is 0 Å². The summed E-state index contributed by atoms with van der Waals surface area (Å²) in [6.07, 6.45) is 0.995. The molecule has 0 unspecified atom stereocenters. The van der Waals surface area contributed by atoms with Crippen LogP contribution in [0.3, 0.4) is 0 Å². The summed E-state index contributed by atoms with van der Waals surface area (Å²) >= 11 is 3.40. The summed E-state index contributed by atoms with van der Waals surface area (Å²) in [7, 11) is 2.12. The number of ether oxygens (including phenoxy) is 1. The maximum atomic E-state index is 9.27. The minimum Gasteiger partial charge on any atom is -0.402 e. The standard InChI is InChI=1S/C25H32N4OS/c1-7-29(6)13-12-20-14-18(3)22(15-17(20)2)30-24(31)28-23(27)19-8-10-21(11-9-19)25(4,5)16-26/h8-11,14-15H,7,12-13H2,1-6H3,(H2,27,28,31)/p+1. The molecule has 0 saturated carbocycles. The van der Waals surface area contributed by atoms with Crippen LogP contribution >= 0.6 is 0 Å².